The third-order valence-electron chi connectivity index (χ3n) is 2.51. The highest BCUT2D eigenvalue weighted by atomic mass is 19.1. The van der Waals surface area contributed by atoms with Crippen LogP contribution in [0, 0.1) is 5.82 Å². The summed E-state index contributed by atoms with van der Waals surface area (Å²) >= 11 is 0. The zero-order valence-electron chi connectivity index (χ0n) is 8.97. The van der Waals surface area contributed by atoms with Crippen molar-refractivity contribution in [3.63, 3.8) is 0 Å². The largest absolute Gasteiger partial charge is 0.323 e. The molecule has 0 aliphatic heterocycles. The first kappa shape index (κ1) is 10.8. The lowest BCUT2D eigenvalue weighted by atomic mass is 10.0. The SMILES string of the molecule is Cn1ncnc1CC(N)c1ccccc1F. The molecular formula is C11H13FN4. The number of aryl methyl sites for hydroxylation is 1. The second-order valence-electron chi connectivity index (χ2n) is 3.63. The lowest BCUT2D eigenvalue weighted by molar-refractivity contribution is 0.565. The Morgan fingerprint density at radius 1 is 1.44 bits per heavy atom. The topological polar surface area (TPSA) is 56.7 Å². The molecule has 0 spiro atoms. The van der Waals surface area contributed by atoms with Crippen molar-refractivity contribution in [2.24, 2.45) is 12.8 Å². The Morgan fingerprint density at radius 2 is 2.19 bits per heavy atom. The summed E-state index contributed by atoms with van der Waals surface area (Å²) in [4.78, 5) is 4.06. The highest BCUT2D eigenvalue weighted by Crippen LogP contribution is 2.17. The number of benzene rings is 1. The maximum atomic E-state index is 13.4. The highest BCUT2D eigenvalue weighted by molar-refractivity contribution is 5.21. The van der Waals surface area contributed by atoms with Crippen LogP contribution in [0.4, 0.5) is 4.39 Å². The Hall–Kier alpha value is -1.75. The molecule has 0 bridgehead atoms. The van der Waals surface area contributed by atoms with Crippen molar-refractivity contribution in [1.29, 1.82) is 0 Å². The van der Waals surface area contributed by atoms with Crippen molar-refractivity contribution < 1.29 is 4.39 Å². The molecule has 1 unspecified atom stereocenters. The highest BCUT2D eigenvalue weighted by Gasteiger charge is 2.13. The molecule has 1 atom stereocenters. The van der Waals surface area contributed by atoms with Gasteiger partial charge in [-0.3, -0.25) is 4.68 Å². The van der Waals surface area contributed by atoms with Crippen LogP contribution in [0.2, 0.25) is 0 Å². The summed E-state index contributed by atoms with van der Waals surface area (Å²) in [5.74, 6) is 0.466. The smallest absolute Gasteiger partial charge is 0.138 e. The predicted octanol–water partition coefficient (Wildman–Crippen LogP) is 1.20. The first-order valence-electron chi connectivity index (χ1n) is 5.01. The van der Waals surface area contributed by atoms with Crippen LogP contribution in [0.3, 0.4) is 0 Å². The van der Waals surface area contributed by atoms with E-state index in [9.17, 15) is 4.39 Å². The monoisotopic (exact) mass is 220 g/mol. The van der Waals surface area contributed by atoms with Crippen LogP contribution in [0.15, 0.2) is 30.6 Å². The first-order chi connectivity index (χ1) is 7.68. The molecule has 4 nitrogen and oxygen atoms in total. The molecule has 0 saturated carbocycles. The van der Waals surface area contributed by atoms with Crippen molar-refractivity contribution in [3.8, 4) is 0 Å². The molecule has 1 heterocycles. The molecule has 0 fully saturated rings. The van der Waals surface area contributed by atoms with Crippen LogP contribution in [0.1, 0.15) is 17.4 Å². The van der Waals surface area contributed by atoms with Crippen LogP contribution in [0.5, 0.6) is 0 Å². The first-order valence-corrected chi connectivity index (χ1v) is 5.01. The standard InChI is InChI=1S/C11H13FN4/c1-16-11(14-7-15-16)6-10(13)8-4-2-3-5-9(8)12/h2-5,7,10H,6,13H2,1H3. The second kappa shape index (κ2) is 4.40. The van der Waals surface area contributed by atoms with Crippen LogP contribution in [-0.2, 0) is 13.5 Å². The van der Waals surface area contributed by atoms with Gasteiger partial charge in [-0.1, -0.05) is 18.2 Å². The molecule has 2 N–H and O–H groups in total. The number of rotatable bonds is 3. The fourth-order valence-electron chi connectivity index (χ4n) is 1.59. The zero-order chi connectivity index (χ0) is 11.5. The van der Waals surface area contributed by atoms with Crippen molar-refractivity contribution in [1.82, 2.24) is 14.8 Å². The normalized spacial score (nSPS) is 12.7. The molecule has 2 aromatic rings. The molecular weight excluding hydrogens is 207 g/mol. The van der Waals surface area contributed by atoms with Crippen LogP contribution in [0.25, 0.3) is 0 Å². The molecule has 2 rings (SSSR count). The van der Waals surface area contributed by atoms with Gasteiger partial charge in [0.2, 0.25) is 0 Å². The van der Waals surface area contributed by atoms with Gasteiger partial charge in [-0.2, -0.15) is 5.10 Å². The van der Waals surface area contributed by atoms with Gasteiger partial charge in [0.05, 0.1) is 0 Å². The van der Waals surface area contributed by atoms with Crippen molar-refractivity contribution >= 4 is 0 Å². The van der Waals surface area contributed by atoms with Crippen molar-refractivity contribution in [3.05, 3.63) is 47.8 Å². The van der Waals surface area contributed by atoms with Crippen LogP contribution < -0.4 is 5.73 Å². The van der Waals surface area contributed by atoms with E-state index in [1.165, 1.54) is 12.4 Å². The third-order valence-corrected chi connectivity index (χ3v) is 2.51. The van der Waals surface area contributed by atoms with Gasteiger partial charge in [0.25, 0.3) is 0 Å². The van der Waals surface area contributed by atoms with Gasteiger partial charge >= 0.3 is 0 Å². The summed E-state index contributed by atoms with van der Waals surface area (Å²) in [6.45, 7) is 0. The zero-order valence-corrected chi connectivity index (χ0v) is 8.97. The Morgan fingerprint density at radius 3 is 2.81 bits per heavy atom. The van der Waals surface area contributed by atoms with E-state index in [1.54, 1.807) is 29.9 Å². The summed E-state index contributed by atoms with van der Waals surface area (Å²) in [5.41, 5.74) is 6.44. The number of hydrogen-bond acceptors (Lipinski definition) is 3. The Kier molecular flexibility index (Phi) is 2.96. The Labute approximate surface area is 92.9 Å². The number of nitrogens with two attached hydrogens (primary N) is 1. The summed E-state index contributed by atoms with van der Waals surface area (Å²) in [7, 11) is 1.79. The number of nitrogens with zero attached hydrogens (tertiary/aromatic N) is 3. The molecule has 84 valence electrons. The summed E-state index contributed by atoms with van der Waals surface area (Å²) in [5, 5.41) is 3.94. The van der Waals surface area contributed by atoms with Gasteiger partial charge in [-0.25, -0.2) is 9.37 Å². The molecule has 0 amide bonds. The van der Waals surface area contributed by atoms with E-state index >= 15 is 0 Å². The van der Waals surface area contributed by atoms with Crippen LogP contribution >= 0.6 is 0 Å². The third kappa shape index (κ3) is 2.09. The average Bonchev–Trinajstić information content (AvgIpc) is 2.65. The number of halogens is 1. The quantitative estimate of drug-likeness (QED) is 0.845. The van der Waals surface area contributed by atoms with Gasteiger partial charge in [0, 0.05) is 25.1 Å². The summed E-state index contributed by atoms with van der Waals surface area (Å²) in [6, 6.07) is 6.12. The van der Waals surface area contributed by atoms with E-state index in [0.29, 0.717) is 12.0 Å². The predicted molar refractivity (Wildman–Crippen MR) is 58.0 cm³/mol. The maximum Gasteiger partial charge on any atom is 0.138 e. The molecule has 0 aliphatic rings. The molecule has 1 aromatic carbocycles. The van der Waals surface area contributed by atoms with E-state index in [0.717, 1.165) is 5.82 Å². The molecule has 0 radical (unpaired) electrons. The van der Waals surface area contributed by atoms with Crippen molar-refractivity contribution in [2.75, 3.05) is 0 Å². The molecule has 0 aliphatic carbocycles. The van der Waals surface area contributed by atoms with E-state index < -0.39 is 6.04 Å². The fraction of sp³-hybridized carbons (Fsp3) is 0.273. The van der Waals surface area contributed by atoms with E-state index in [4.69, 9.17) is 5.73 Å². The molecule has 16 heavy (non-hydrogen) atoms. The van der Waals surface area contributed by atoms with Gasteiger partial charge in [-0.15, -0.1) is 0 Å². The molecule has 0 saturated heterocycles. The van der Waals surface area contributed by atoms with Crippen LogP contribution in [-0.4, -0.2) is 14.8 Å². The lowest BCUT2D eigenvalue weighted by Gasteiger charge is -2.11. The maximum absolute atomic E-state index is 13.4. The fourth-order valence-corrected chi connectivity index (χ4v) is 1.59. The summed E-state index contributed by atoms with van der Waals surface area (Å²) < 4.78 is 15.1. The Bertz CT molecular complexity index is 480. The minimum absolute atomic E-state index is 0.280. The Balaban J connectivity index is 2.18. The average molecular weight is 220 g/mol. The number of hydrogen-bond donors (Lipinski definition) is 1. The van der Waals surface area contributed by atoms with E-state index in [1.807, 2.05) is 0 Å². The number of aromatic nitrogens is 3. The van der Waals surface area contributed by atoms with Gasteiger partial charge in [0.15, 0.2) is 0 Å². The second-order valence-corrected chi connectivity index (χ2v) is 3.63. The van der Waals surface area contributed by atoms with Gasteiger partial charge < -0.3 is 5.73 Å². The lowest BCUT2D eigenvalue weighted by Crippen LogP contribution is -2.17. The van der Waals surface area contributed by atoms with Gasteiger partial charge in [-0.05, 0) is 6.07 Å². The minimum Gasteiger partial charge on any atom is -0.323 e. The minimum atomic E-state index is -0.399. The molecule has 1 aromatic heterocycles. The van der Waals surface area contributed by atoms with E-state index in [2.05, 4.69) is 10.1 Å². The van der Waals surface area contributed by atoms with Gasteiger partial charge in [0.1, 0.15) is 18.0 Å². The van der Waals surface area contributed by atoms with E-state index in [-0.39, 0.29) is 5.82 Å². The van der Waals surface area contributed by atoms with Crippen molar-refractivity contribution in [2.45, 2.75) is 12.5 Å². The molecule has 5 heteroatoms. The summed E-state index contributed by atoms with van der Waals surface area (Å²) in [6.07, 6.45) is 1.93.